The van der Waals surface area contributed by atoms with Gasteiger partial charge in [0.15, 0.2) is 0 Å². The van der Waals surface area contributed by atoms with Crippen LogP contribution in [-0.2, 0) is 9.59 Å². The minimum Gasteiger partial charge on any atom is -0.494 e. The Morgan fingerprint density at radius 2 is 1.97 bits per heavy atom. The summed E-state index contributed by atoms with van der Waals surface area (Å²) in [5.41, 5.74) is 0.940. The lowest BCUT2D eigenvalue weighted by Gasteiger charge is -2.35. The number of nitrogens with zero attached hydrogens (tertiary/aromatic N) is 5. The van der Waals surface area contributed by atoms with Crippen LogP contribution >= 0.6 is 0 Å². The van der Waals surface area contributed by atoms with Gasteiger partial charge in [0.05, 0.1) is 26.2 Å². The van der Waals surface area contributed by atoms with Gasteiger partial charge in [-0.25, -0.2) is 14.3 Å². The van der Waals surface area contributed by atoms with Gasteiger partial charge < -0.3 is 4.74 Å². The first-order chi connectivity index (χ1) is 14.3. The lowest BCUT2D eigenvalue weighted by Crippen LogP contribution is -2.64. The molecule has 158 valence electrons. The molecule has 3 amide bonds. The fourth-order valence-electron chi connectivity index (χ4n) is 4.17. The molecule has 0 spiro atoms. The highest BCUT2D eigenvalue weighted by Gasteiger charge is 2.55. The Morgan fingerprint density at radius 1 is 1.27 bits per heavy atom. The molecule has 9 nitrogen and oxygen atoms in total. The zero-order valence-corrected chi connectivity index (χ0v) is 17.7. The highest BCUT2D eigenvalue weighted by Crippen LogP contribution is 2.29. The summed E-state index contributed by atoms with van der Waals surface area (Å²) in [5, 5.41) is 0. The van der Waals surface area contributed by atoms with Gasteiger partial charge in [0.2, 0.25) is 11.9 Å². The third-order valence-electron chi connectivity index (χ3n) is 5.47. The molecular weight excluding hydrogens is 386 g/mol. The Hall–Kier alpha value is -3.23. The average Bonchev–Trinajstić information content (AvgIpc) is 3.09. The maximum absolute atomic E-state index is 13.2. The van der Waals surface area contributed by atoms with Crippen LogP contribution in [0.15, 0.2) is 29.3 Å². The van der Waals surface area contributed by atoms with E-state index in [1.807, 2.05) is 35.8 Å². The number of Topliss-reactive ketones (excluding diaryl/α,β-unsaturated/α-hetero) is 1. The van der Waals surface area contributed by atoms with Crippen molar-refractivity contribution in [2.45, 2.75) is 26.8 Å². The second-order valence-electron chi connectivity index (χ2n) is 7.94. The van der Waals surface area contributed by atoms with Crippen molar-refractivity contribution in [1.82, 2.24) is 9.80 Å². The van der Waals surface area contributed by atoms with Crippen LogP contribution in [0, 0.1) is 5.92 Å². The molecule has 1 fully saturated rings. The van der Waals surface area contributed by atoms with Gasteiger partial charge >= 0.3 is 12.0 Å². The lowest BCUT2D eigenvalue weighted by atomic mass is 10.1. The minimum absolute atomic E-state index is 0.229. The molecular formula is C21H26N5O4+. The van der Waals surface area contributed by atoms with E-state index in [1.165, 1.54) is 11.8 Å². The van der Waals surface area contributed by atoms with E-state index in [9.17, 15) is 14.4 Å². The minimum atomic E-state index is -0.699. The number of guanidine groups is 1. The van der Waals surface area contributed by atoms with Crippen molar-refractivity contribution in [2.75, 3.05) is 38.2 Å². The molecule has 3 aliphatic heterocycles. The molecule has 9 heteroatoms. The first-order valence-electron chi connectivity index (χ1n) is 10.1. The monoisotopic (exact) mass is 412 g/mol. The summed E-state index contributed by atoms with van der Waals surface area (Å²) in [4.78, 5) is 46.6. The summed E-state index contributed by atoms with van der Waals surface area (Å²) >= 11 is 0. The summed E-state index contributed by atoms with van der Waals surface area (Å²) < 4.78 is 7.47. The number of hydrogen-bond donors (Lipinski definition) is 0. The van der Waals surface area contributed by atoms with Crippen LogP contribution in [0.1, 0.15) is 20.8 Å². The molecule has 2 unspecified atom stereocenters. The number of ketones is 1. The Morgan fingerprint density at radius 3 is 2.60 bits per heavy atom. The molecule has 1 aromatic rings. The molecule has 3 aliphatic rings. The number of carbonyl (C=O) groups is 3. The topological polar surface area (TPSA) is 85.5 Å². The summed E-state index contributed by atoms with van der Waals surface area (Å²) in [6.45, 7) is 7.18. The van der Waals surface area contributed by atoms with Crippen LogP contribution in [0.2, 0.25) is 0 Å². The fraction of sp³-hybridized carbons (Fsp3) is 0.476. The van der Waals surface area contributed by atoms with E-state index in [1.54, 1.807) is 7.05 Å². The highest BCUT2D eigenvalue weighted by atomic mass is 16.5. The van der Waals surface area contributed by atoms with Gasteiger partial charge in [-0.05, 0) is 38.1 Å². The summed E-state index contributed by atoms with van der Waals surface area (Å²) in [7, 11) is 1.59. The number of hydrogen-bond acceptors (Lipinski definition) is 6. The number of benzene rings is 1. The van der Waals surface area contributed by atoms with Crippen molar-refractivity contribution in [1.29, 1.82) is 0 Å². The smallest absolute Gasteiger partial charge is 0.397 e. The Balaban J connectivity index is 1.73. The van der Waals surface area contributed by atoms with Gasteiger partial charge in [-0.15, -0.1) is 0 Å². The number of likely N-dealkylation sites (N-methyl/N-ethyl adjacent to an activating group) is 1. The van der Waals surface area contributed by atoms with Crippen LogP contribution in [0.5, 0.6) is 5.75 Å². The summed E-state index contributed by atoms with van der Waals surface area (Å²) in [6.07, 6.45) is 0. The number of ether oxygens (including phenoxy) is 1. The zero-order valence-electron chi connectivity index (χ0n) is 17.7. The zero-order chi connectivity index (χ0) is 21.6. The Labute approximate surface area is 175 Å². The van der Waals surface area contributed by atoms with E-state index >= 15 is 0 Å². The van der Waals surface area contributed by atoms with Crippen LogP contribution in [-0.4, -0.2) is 83.2 Å². The number of carbonyl (C=O) groups excluding carboxylic acids is 3. The van der Waals surface area contributed by atoms with E-state index in [0.717, 1.165) is 22.9 Å². The molecule has 2 atom stereocenters. The van der Waals surface area contributed by atoms with Crippen molar-refractivity contribution in [3.05, 3.63) is 24.3 Å². The van der Waals surface area contributed by atoms with E-state index in [0.29, 0.717) is 24.9 Å². The largest absolute Gasteiger partial charge is 0.494 e. The molecule has 0 aromatic heterocycles. The predicted octanol–water partition coefficient (Wildman–Crippen LogP) is 1.17. The molecule has 0 N–H and O–H groups in total. The molecule has 4 rings (SSSR count). The maximum Gasteiger partial charge on any atom is 0.397 e. The van der Waals surface area contributed by atoms with E-state index < -0.39 is 18.0 Å². The lowest BCUT2D eigenvalue weighted by molar-refractivity contribution is -0.545. The average molecular weight is 412 g/mol. The molecule has 0 radical (unpaired) electrons. The molecule has 30 heavy (non-hydrogen) atoms. The molecule has 1 aromatic carbocycles. The molecule has 0 saturated carbocycles. The van der Waals surface area contributed by atoms with Gasteiger partial charge in [-0.3, -0.25) is 19.4 Å². The highest BCUT2D eigenvalue weighted by molar-refractivity contribution is 6.24. The second-order valence-corrected chi connectivity index (χ2v) is 7.94. The number of amides is 3. The van der Waals surface area contributed by atoms with Crippen molar-refractivity contribution >= 4 is 35.2 Å². The second kappa shape index (κ2) is 7.55. The van der Waals surface area contributed by atoms with Gasteiger partial charge in [0.25, 0.3) is 5.91 Å². The summed E-state index contributed by atoms with van der Waals surface area (Å²) in [5.74, 6) is 1.48. The number of imide groups is 1. The quantitative estimate of drug-likeness (QED) is 0.678. The number of rotatable bonds is 5. The molecule has 1 saturated heterocycles. The van der Waals surface area contributed by atoms with E-state index in [2.05, 4.69) is 11.8 Å². The molecule has 0 aliphatic carbocycles. The van der Waals surface area contributed by atoms with E-state index in [4.69, 9.17) is 9.73 Å². The van der Waals surface area contributed by atoms with Crippen molar-refractivity contribution in [3.8, 4) is 5.75 Å². The number of amidine groups is 1. The van der Waals surface area contributed by atoms with Crippen LogP contribution in [0.4, 0.5) is 10.5 Å². The maximum atomic E-state index is 13.2. The van der Waals surface area contributed by atoms with Crippen molar-refractivity contribution in [2.24, 2.45) is 10.9 Å². The molecule has 0 bridgehead atoms. The van der Waals surface area contributed by atoms with Crippen LogP contribution in [0.3, 0.4) is 0 Å². The van der Waals surface area contributed by atoms with E-state index in [-0.39, 0.29) is 18.2 Å². The number of fused-ring (bicyclic) bond motifs is 2. The third kappa shape index (κ3) is 3.24. The first kappa shape index (κ1) is 20.1. The SMILES string of the molecule is CCOc1ccc(N2CC(C)C[N+]3=C2N=C2C3C(=O)N(CC(C)=O)C(=O)N2C)cc1. The van der Waals surface area contributed by atoms with Crippen molar-refractivity contribution < 1.29 is 23.7 Å². The first-order valence-corrected chi connectivity index (χ1v) is 10.1. The normalized spacial score (nSPS) is 23.5. The number of anilines is 1. The number of urea groups is 1. The van der Waals surface area contributed by atoms with Gasteiger partial charge in [0.1, 0.15) is 17.2 Å². The third-order valence-corrected chi connectivity index (χ3v) is 5.47. The molecule has 3 heterocycles. The van der Waals surface area contributed by atoms with Crippen LogP contribution < -0.4 is 9.64 Å². The fourth-order valence-corrected chi connectivity index (χ4v) is 4.17. The standard InChI is InChI=1S/C21H26N5O4/c1-5-30-16-8-6-15(7-9-16)24-10-13(2)11-25-17-18(22-20(24)25)23(4)21(29)26(19(17)28)12-14(3)27/h6-9,13,17H,5,10-12H2,1-4H3/q+1. The van der Waals surface area contributed by atoms with Gasteiger partial charge in [-0.2, -0.15) is 0 Å². The Bertz CT molecular complexity index is 968. The van der Waals surface area contributed by atoms with Crippen LogP contribution in [0.25, 0.3) is 0 Å². The van der Waals surface area contributed by atoms with Crippen molar-refractivity contribution in [3.63, 3.8) is 0 Å². The van der Waals surface area contributed by atoms with Gasteiger partial charge in [-0.1, -0.05) is 11.9 Å². The predicted molar refractivity (Wildman–Crippen MR) is 111 cm³/mol. The Kier molecular flexibility index (Phi) is 5.05. The van der Waals surface area contributed by atoms with Gasteiger partial charge in [0, 0.05) is 13.0 Å². The number of aliphatic imine (C=N–C) groups is 1. The summed E-state index contributed by atoms with van der Waals surface area (Å²) in [6, 6.07) is 6.53.